The standard InChI is InChI=1S/C19H19ClN2O4S/c1-22(11-17(23)21-16-6-4-3-5-15(16)20)18(24)12-26-19(25)13-7-9-14(27-2)10-8-13/h3-10H,11-12H2,1-2H3,(H,21,23). The number of esters is 1. The molecule has 0 spiro atoms. The summed E-state index contributed by atoms with van der Waals surface area (Å²) in [5, 5.41) is 3.03. The molecule has 0 aliphatic rings. The molecular formula is C19H19ClN2O4S. The summed E-state index contributed by atoms with van der Waals surface area (Å²) in [6.07, 6.45) is 1.93. The van der Waals surface area contributed by atoms with Crippen molar-refractivity contribution in [2.24, 2.45) is 0 Å². The zero-order chi connectivity index (χ0) is 19.8. The minimum absolute atomic E-state index is 0.190. The van der Waals surface area contributed by atoms with Gasteiger partial charge in [0.1, 0.15) is 0 Å². The fourth-order valence-corrected chi connectivity index (χ4v) is 2.70. The summed E-state index contributed by atoms with van der Waals surface area (Å²) in [7, 11) is 1.45. The van der Waals surface area contributed by atoms with Crippen molar-refractivity contribution in [2.75, 3.05) is 31.8 Å². The van der Waals surface area contributed by atoms with Gasteiger partial charge in [0.15, 0.2) is 6.61 Å². The van der Waals surface area contributed by atoms with Gasteiger partial charge >= 0.3 is 5.97 Å². The van der Waals surface area contributed by atoms with Gasteiger partial charge in [-0.25, -0.2) is 4.79 Å². The molecule has 0 aromatic heterocycles. The molecule has 0 bridgehead atoms. The number of hydrogen-bond donors (Lipinski definition) is 1. The Morgan fingerprint density at radius 2 is 1.78 bits per heavy atom. The van der Waals surface area contributed by atoms with Gasteiger partial charge in [-0.05, 0) is 42.7 Å². The number of hydrogen-bond acceptors (Lipinski definition) is 5. The zero-order valence-corrected chi connectivity index (χ0v) is 16.5. The number of carbonyl (C=O) groups excluding carboxylic acids is 3. The molecule has 0 aliphatic carbocycles. The summed E-state index contributed by atoms with van der Waals surface area (Å²) < 4.78 is 5.01. The van der Waals surface area contributed by atoms with Gasteiger partial charge in [-0.3, -0.25) is 9.59 Å². The summed E-state index contributed by atoms with van der Waals surface area (Å²) in [6.45, 7) is -0.636. The molecule has 0 fully saturated rings. The fraction of sp³-hybridized carbons (Fsp3) is 0.211. The molecule has 0 saturated heterocycles. The van der Waals surface area contributed by atoms with E-state index in [1.807, 2.05) is 6.26 Å². The van der Waals surface area contributed by atoms with Crippen LogP contribution in [0.3, 0.4) is 0 Å². The lowest BCUT2D eigenvalue weighted by molar-refractivity contribution is -0.136. The van der Waals surface area contributed by atoms with Gasteiger partial charge in [0.05, 0.1) is 22.8 Å². The number of nitrogens with one attached hydrogen (secondary N) is 1. The number of rotatable bonds is 7. The van der Waals surface area contributed by atoms with Crippen molar-refractivity contribution in [1.29, 1.82) is 0 Å². The van der Waals surface area contributed by atoms with E-state index in [-0.39, 0.29) is 6.54 Å². The van der Waals surface area contributed by atoms with Gasteiger partial charge in [0.2, 0.25) is 5.91 Å². The van der Waals surface area contributed by atoms with E-state index in [1.54, 1.807) is 60.3 Å². The lowest BCUT2D eigenvalue weighted by Gasteiger charge is -2.17. The largest absolute Gasteiger partial charge is 0.452 e. The Kier molecular flexibility index (Phi) is 7.69. The normalized spacial score (nSPS) is 10.2. The monoisotopic (exact) mass is 406 g/mol. The Morgan fingerprint density at radius 3 is 2.41 bits per heavy atom. The van der Waals surface area contributed by atoms with E-state index in [0.717, 1.165) is 4.90 Å². The smallest absolute Gasteiger partial charge is 0.338 e. The van der Waals surface area contributed by atoms with Crippen LogP contribution in [0.25, 0.3) is 0 Å². The highest BCUT2D eigenvalue weighted by Gasteiger charge is 2.16. The summed E-state index contributed by atoms with van der Waals surface area (Å²) >= 11 is 7.53. The third kappa shape index (κ3) is 6.30. The van der Waals surface area contributed by atoms with E-state index < -0.39 is 24.4 Å². The van der Waals surface area contributed by atoms with Gasteiger partial charge in [-0.2, -0.15) is 0 Å². The molecule has 142 valence electrons. The first-order valence-corrected chi connectivity index (χ1v) is 9.60. The molecule has 0 atom stereocenters. The van der Waals surface area contributed by atoms with Gasteiger partial charge in [0.25, 0.3) is 5.91 Å². The van der Waals surface area contributed by atoms with Crippen LogP contribution in [0.4, 0.5) is 5.69 Å². The van der Waals surface area contributed by atoms with Crippen LogP contribution in [0.2, 0.25) is 5.02 Å². The lowest BCUT2D eigenvalue weighted by atomic mass is 10.2. The van der Waals surface area contributed by atoms with E-state index in [0.29, 0.717) is 16.3 Å². The van der Waals surface area contributed by atoms with E-state index in [4.69, 9.17) is 16.3 Å². The Labute approximate surface area is 166 Å². The van der Waals surface area contributed by atoms with Crippen LogP contribution >= 0.6 is 23.4 Å². The van der Waals surface area contributed by atoms with Crippen LogP contribution in [-0.2, 0) is 14.3 Å². The van der Waals surface area contributed by atoms with Crippen molar-refractivity contribution in [1.82, 2.24) is 4.90 Å². The van der Waals surface area contributed by atoms with E-state index >= 15 is 0 Å². The second-order valence-electron chi connectivity index (χ2n) is 5.58. The van der Waals surface area contributed by atoms with Crippen molar-refractivity contribution >= 4 is 46.8 Å². The molecule has 0 saturated carbocycles. The van der Waals surface area contributed by atoms with Crippen LogP contribution < -0.4 is 5.32 Å². The number of anilines is 1. The molecule has 2 aromatic rings. The average molecular weight is 407 g/mol. The fourth-order valence-electron chi connectivity index (χ4n) is 2.10. The Morgan fingerprint density at radius 1 is 1.11 bits per heavy atom. The Balaban J connectivity index is 1.81. The highest BCUT2D eigenvalue weighted by atomic mass is 35.5. The number of nitrogens with zero attached hydrogens (tertiary/aromatic N) is 1. The van der Waals surface area contributed by atoms with E-state index in [2.05, 4.69) is 5.32 Å². The summed E-state index contributed by atoms with van der Waals surface area (Å²) in [5.41, 5.74) is 0.824. The maximum absolute atomic E-state index is 12.1. The molecule has 0 aliphatic heterocycles. The van der Waals surface area contributed by atoms with Gasteiger partial charge in [-0.1, -0.05) is 23.7 Å². The van der Waals surface area contributed by atoms with Crippen LogP contribution in [-0.4, -0.2) is 49.1 Å². The zero-order valence-electron chi connectivity index (χ0n) is 14.9. The van der Waals surface area contributed by atoms with Gasteiger partial charge < -0.3 is 15.0 Å². The minimum atomic E-state index is -0.593. The number of ether oxygens (including phenoxy) is 1. The van der Waals surface area contributed by atoms with E-state index in [9.17, 15) is 14.4 Å². The molecule has 6 nitrogen and oxygen atoms in total. The van der Waals surface area contributed by atoms with Gasteiger partial charge in [0, 0.05) is 11.9 Å². The maximum atomic E-state index is 12.1. The van der Waals surface area contributed by atoms with Crippen LogP contribution in [0, 0.1) is 0 Å². The SMILES string of the molecule is CSc1ccc(C(=O)OCC(=O)N(C)CC(=O)Nc2ccccc2Cl)cc1. The first-order chi connectivity index (χ1) is 12.9. The molecule has 2 aromatic carbocycles. The van der Waals surface area contributed by atoms with Crippen molar-refractivity contribution < 1.29 is 19.1 Å². The van der Waals surface area contributed by atoms with Crippen LogP contribution in [0.15, 0.2) is 53.4 Å². The van der Waals surface area contributed by atoms with Gasteiger partial charge in [-0.15, -0.1) is 11.8 Å². The summed E-state index contributed by atoms with van der Waals surface area (Å²) in [4.78, 5) is 38.3. The average Bonchev–Trinajstić information content (AvgIpc) is 2.67. The minimum Gasteiger partial charge on any atom is -0.452 e. The topological polar surface area (TPSA) is 75.7 Å². The van der Waals surface area contributed by atoms with Crippen molar-refractivity contribution in [3.05, 3.63) is 59.1 Å². The third-order valence-electron chi connectivity index (χ3n) is 3.61. The summed E-state index contributed by atoms with van der Waals surface area (Å²) in [6, 6.07) is 13.7. The molecular weight excluding hydrogens is 388 g/mol. The van der Waals surface area contributed by atoms with Crippen LogP contribution in [0.5, 0.6) is 0 Å². The van der Waals surface area contributed by atoms with E-state index in [1.165, 1.54) is 11.9 Å². The number of thioether (sulfide) groups is 1. The Hall–Kier alpha value is -2.51. The van der Waals surface area contributed by atoms with Crippen molar-refractivity contribution in [3.63, 3.8) is 0 Å². The highest BCUT2D eigenvalue weighted by Crippen LogP contribution is 2.20. The Bertz CT molecular complexity index is 827. The molecule has 27 heavy (non-hydrogen) atoms. The molecule has 2 rings (SSSR count). The van der Waals surface area contributed by atoms with Crippen molar-refractivity contribution in [2.45, 2.75) is 4.90 Å². The first kappa shape index (κ1) is 20.8. The first-order valence-electron chi connectivity index (χ1n) is 8.00. The predicted molar refractivity (Wildman–Crippen MR) is 106 cm³/mol. The predicted octanol–water partition coefficient (Wildman–Crippen LogP) is 3.32. The number of amides is 2. The maximum Gasteiger partial charge on any atom is 0.338 e. The molecule has 0 heterocycles. The third-order valence-corrected chi connectivity index (χ3v) is 4.68. The van der Waals surface area contributed by atoms with Crippen molar-refractivity contribution in [3.8, 4) is 0 Å². The molecule has 8 heteroatoms. The second kappa shape index (κ2) is 9.99. The number of halogens is 1. The summed E-state index contributed by atoms with van der Waals surface area (Å²) in [5.74, 6) is -1.48. The molecule has 2 amide bonds. The molecule has 1 N–H and O–H groups in total. The molecule has 0 unspecified atom stereocenters. The second-order valence-corrected chi connectivity index (χ2v) is 6.87. The quantitative estimate of drug-likeness (QED) is 0.564. The number of carbonyl (C=O) groups is 3. The number of para-hydroxylation sites is 1. The number of benzene rings is 2. The lowest BCUT2D eigenvalue weighted by Crippen LogP contribution is -2.37. The highest BCUT2D eigenvalue weighted by molar-refractivity contribution is 7.98. The number of likely N-dealkylation sites (N-methyl/N-ethyl adjacent to an activating group) is 1. The van der Waals surface area contributed by atoms with Crippen LogP contribution in [0.1, 0.15) is 10.4 Å². The molecule has 0 radical (unpaired) electrons.